The predicted octanol–water partition coefficient (Wildman–Crippen LogP) is -0.265. The summed E-state index contributed by atoms with van der Waals surface area (Å²) in [5, 5.41) is 39.9. The van der Waals surface area contributed by atoms with E-state index in [4.69, 9.17) is 0 Å². The van der Waals surface area contributed by atoms with Gasteiger partial charge >= 0.3 is 41.5 Å². The van der Waals surface area contributed by atoms with Gasteiger partial charge < -0.3 is 20.4 Å². The summed E-state index contributed by atoms with van der Waals surface area (Å²) >= 11 is 0. The summed E-state index contributed by atoms with van der Waals surface area (Å²) < 4.78 is 0. The third-order valence-electron chi connectivity index (χ3n) is 3.87. The first-order chi connectivity index (χ1) is 12.2. The summed E-state index contributed by atoms with van der Waals surface area (Å²) in [5.74, 6) is -8.03. The third kappa shape index (κ3) is 3.71. The van der Waals surface area contributed by atoms with Crippen LogP contribution in [0.25, 0.3) is 0 Å². The number of aliphatic carboxylic acids is 2. The van der Waals surface area contributed by atoms with Crippen LogP contribution in [0.5, 0.6) is 0 Å². The van der Waals surface area contributed by atoms with E-state index in [0.29, 0.717) is 0 Å². The number of carbonyl (C=O) groups is 4. The first-order valence-electron chi connectivity index (χ1n) is 7.28. The molecular formula is C18H15NaO8. The second-order valence-electron chi connectivity index (χ2n) is 5.42. The van der Waals surface area contributed by atoms with E-state index >= 15 is 0 Å². The van der Waals surface area contributed by atoms with Crippen LogP contribution in [-0.2, 0) is 9.59 Å². The molecule has 2 atom stereocenters. The second-order valence-corrected chi connectivity index (χ2v) is 5.42. The van der Waals surface area contributed by atoms with Crippen LogP contribution < -0.4 is 0 Å². The van der Waals surface area contributed by atoms with Crippen LogP contribution in [0.2, 0.25) is 0 Å². The van der Waals surface area contributed by atoms with Crippen molar-refractivity contribution < 1.29 is 39.6 Å². The van der Waals surface area contributed by atoms with Crippen molar-refractivity contribution >= 4 is 53.1 Å². The van der Waals surface area contributed by atoms with E-state index in [0.717, 1.165) is 24.3 Å². The van der Waals surface area contributed by atoms with Crippen molar-refractivity contribution in [2.45, 2.75) is 11.2 Å². The zero-order chi connectivity index (χ0) is 19.5. The van der Waals surface area contributed by atoms with Gasteiger partial charge in [-0.1, -0.05) is 60.7 Å². The van der Waals surface area contributed by atoms with Crippen molar-refractivity contribution in [2.75, 3.05) is 0 Å². The topological polar surface area (TPSA) is 149 Å². The van der Waals surface area contributed by atoms with Gasteiger partial charge in [-0.15, -0.1) is 0 Å². The number of carboxylic acids is 2. The Balaban J connectivity index is 0.00000364. The molecule has 0 aromatic heterocycles. The van der Waals surface area contributed by atoms with Crippen LogP contribution in [0.3, 0.4) is 0 Å². The number of ketones is 2. The summed E-state index contributed by atoms with van der Waals surface area (Å²) in [4.78, 5) is 48.5. The van der Waals surface area contributed by atoms with Crippen molar-refractivity contribution in [1.82, 2.24) is 0 Å². The van der Waals surface area contributed by atoms with Gasteiger partial charge in [-0.25, -0.2) is 9.59 Å². The normalized spacial score (nSPS) is 14.7. The van der Waals surface area contributed by atoms with Gasteiger partial charge in [0.1, 0.15) is 0 Å². The number of rotatable bonds is 7. The van der Waals surface area contributed by atoms with Crippen molar-refractivity contribution in [3.8, 4) is 0 Å². The molecule has 0 radical (unpaired) electrons. The van der Waals surface area contributed by atoms with E-state index in [1.165, 1.54) is 36.4 Å². The number of carbonyl (C=O) groups excluding carboxylic acids is 2. The molecule has 2 unspecified atom stereocenters. The van der Waals surface area contributed by atoms with E-state index in [2.05, 4.69) is 0 Å². The minimum absolute atomic E-state index is 0. The molecule has 0 amide bonds. The fraction of sp³-hybridized carbons (Fsp3) is 0.111. The van der Waals surface area contributed by atoms with E-state index in [9.17, 15) is 39.6 Å². The van der Waals surface area contributed by atoms with E-state index < -0.39 is 45.8 Å². The molecule has 0 fully saturated rings. The zero-order valence-electron chi connectivity index (χ0n) is 13.2. The molecule has 2 rings (SSSR count). The Kier molecular flexibility index (Phi) is 7.18. The van der Waals surface area contributed by atoms with Crippen LogP contribution in [0, 0.1) is 0 Å². The van der Waals surface area contributed by atoms with Crippen molar-refractivity contribution in [1.29, 1.82) is 0 Å². The maximum atomic E-state index is 12.6. The van der Waals surface area contributed by atoms with Gasteiger partial charge in [0.15, 0.2) is 0 Å². The molecule has 8 nitrogen and oxygen atoms in total. The Bertz CT molecular complexity index is 794. The van der Waals surface area contributed by atoms with Crippen LogP contribution in [0.1, 0.15) is 20.7 Å². The number of aliphatic hydroxyl groups is 2. The summed E-state index contributed by atoms with van der Waals surface area (Å²) in [6.45, 7) is 0. The van der Waals surface area contributed by atoms with E-state index in [1.54, 1.807) is 0 Å². The number of benzene rings is 2. The maximum absolute atomic E-state index is 12.6. The molecule has 136 valence electrons. The predicted molar refractivity (Wildman–Crippen MR) is 93.9 cm³/mol. The summed E-state index contributed by atoms with van der Waals surface area (Å²) in [7, 11) is 0. The first kappa shape index (κ1) is 22.7. The molecular weight excluding hydrogens is 367 g/mol. The fourth-order valence-electron chi connectivity index (χ4n) is 2.43. The molecule has 27 heavy (non-hydrogen) atoms. The van der Waals surface area contributed by atoms with E-state index in [-0.39, 0.29) is 29.6 Å². The molecule has 4 N–H and O–H groups in total. The first-order valence-corrected chi connectivity index (χ1v) is 7.28. The number of hydrogen-bond donors (Lipinski definition) is 4. The van der Waals surface area contributed by atoms with Gasteiger partial charge in [0.2, 0.25) is 11.6 Å². The van der Waals surface area contributed by atoms with E-state index in [1.807, 2.05) is 0 Å². The van der Waals surface area contributed by atoms with Gasteiger partial charge in [0.25, 0.3) is 11.2 Å². The average molecular weight is 382 g/mol. The van der Waals surface area contributed by atoms with Gasteiger partial charge in [-0.05, 0) is 0 Å². The minimum atomic E-state index is -3.95. The third-order valence-corrected chi connectivity index (χ3v) is 3.87. The summed E-state index contributed by atoms with van der Waals surface area (Å²) in [5.41, 5.74) is -8.68. The molecule has 0 saturated heterocycles. The van der Waals surface area contributed by atoms with Crippen LogP contribution in [0.15, 0.2) is 60.7 Å². The summed E-state index contributed by atoms with van der Waals surface area (Å²) in [6, 6.07) is 12.8. The SMILES string of the molecule is O=C(O)C(O)(C(=O)c1ccccc1)C(O)(C(=O)O)C(=O)c1ccccc1.[NaH]. The Morgan fingerprint density at radius 2 is 0.852 bits per heavy atom. The molecule has 2 aromatic rings. The summed E-state index contributed by atoms with van der Waals surface area (Å²) in [6.07, 6.45) is 0. The standard InChI is InChI=1S/C18H14O8.Na.H/c19-13(11-7-3-1-4-8-11)17(25,15(21)22)18(26,16(23)24)14(20)12-9-5-2-6-10-12;;/h1-10,25-26H,(H,21,22)(H,23,24);;. The quantitative estimate of drug-likeness (QED) is 0.291. The molecule has 0 bridgehead atoms. The van der Waals surface area contributed by atoms with Crippen molar-refractivity contribution in [3.05, 3.63) is 71.8 Å². The Morgan fingerprint density at radius 1 is 0.593 bits per heavy atom. The number of hydrogen-bond acceptors (Lipinski definition) is 6. The molecule has 0 aliphatic heterocycles. The number of carboxylic acid groups (broad SMARTS) is 2. The van der Waals surface area contributed by atoms with Gasteiger partial charge in [0, 0.05) is 11.1 Å². The Hall–Kier alpha value is -2.36. The Labute approximate surface area is 175 Å². The Morgan fingerprint density at radius 3 is 1.07 bits per heavy atom. The molecule has 0 saturated carbocycles. The molecule has 2 aromatic carbocycles. The van der Waals surface area contributed by atoms with Gasteiger partial charge in [-0.3, -0.25) is 9.59 Å². The molecule has 0 aliphatic carbocycles. The van der Waals surface area contributed by atoms with Crippen LogP contribution in [-0.4, -0.2) is 84.7 Å². The van der Waals surface area contributed by atoms with Gasteiger partial charge in [0.05, 0.1) is 0 Å². The zero-order valence-corrected chi connectivity index (χ0v) is 13.2. The molecule has 9 heteroatoms. The molecule has 0 heterocycles. The second kappa shape index (κ2) is 8.55. The fourth-order valence-corrected chi connectivity index (χ4v) is 2.43. The van der Waals surface area contributed by atoms with Crippen molar-refractivity contribution in [3.63, 3.8) is 0 Å². The van der Waals surface area contributed by atoms with Crippen LogP contribution >= 0.6 is 0 Å². The van der Waals surface area contributed by atoms with Crippen LogP contribution in [0.4, 0.5) is 0 Å². The molecule has 0 aliphatic rings. The molecule has 0 spiro atoms. The monoisotopic (exact) mass is 382 g/mol. The van der Waals surface area contributed by atoms with Gasteiger partial charge in [-0.2, -0.15) is 0 Å². The van der Waals surface area contributed by atoms with Crippen molar-refractivity contribution in [2.24, 2.45) is 0 Å². The average Bonchev–Trinajstić information content (AvgIpc) is 2.66. The number of Topliss-reactive ketones (excluding diaryl/α,β-unsaturated/α-hetero) is 2.